The molecular weight excluding hydrogens is 292 g/mol. The van der Waals surface area contributed by atoms with Crippen molar-refractivity contribution >= 4 is 22.6 Å². The van der Waals surface area contributed by atoms with Crippen molar-refractivity contribution in [3.8, 4) is 0 Å². The van der Waals surface area contributed by atoms with Gasteiger partial charge in [0.05, 0.1) is 12.1 Å². The average molecular weight is 314 g/mol. The number of nitrogens with zero attached hydrogens (tertiary/aromatic N) is 3. The summed E-state index contributed by atoms with van der Waals surface area (Å²) in [4.78, 5) is 23.3. The molecule has 0 bridgehead atoms. The molecule has 122 valence electrons. The number of carbonyl (C=O) groups is 1. The number of amides is 1. The molecule has 2 heterocycles. The fraction of sp³-hybridized carbons (Fsp3) is 0.471. The van der Waals surface area contributed by atoms with Crippen LogP contribution in [0.3, 0.4) is 0 Å². The second-order valence-electron chi connectivity index (χ2n) is 5.73. The predicted molar refractivity (Wildman–Crippen MR) is 89.8 cm³/mol. The van der Waals surface area contributed by atoms with Gasteiger partial charge in [0.15, 0.2) is 0 Å². The van der Waals surface area contributed by atoms with Crippen LogP contribution in [0.25, 0.3) is 10.9 Å². The van der Waals surface area contributed by atoms with Crippen LogP contribution in [0.4, 0.5) is 5.82 Å². The highest BCUT2D eigenvalue weighted by Crippen LogP contribution is 2.26. The second-order valence-corrected chi connectivity index (χ2v) is 5.73. The number of nitrogens with one attached hydrogen (secondary N) is 1. The van der Waals surface area contributed by atoms with Crippen molar-refractivity contribution in [2.45, 2.75) is 19.3 Å². The van der Waals surface area contributed by atoms with Crippen molar-refractivity contribution in [3.63, 3.8) is 0 Å². The molecule has 1 fully saturated rings. The van der Waals surface area contributed by atoms with Gasteiger partial charge in [0.25, 0.3) is 5.91 Å². The Bertz CT molecular complexity index is 683. The van der Waals surface area contributed by atoms with Crippen LogP contribution in [0, 0.1) is 0 Å². The van der Waals surface area contributed by atoms with E-state index in [4.69, 9.17) is 4.74 Å². The van der Waals surface area contributed by atoms with Gasteiger partial charge in [0.2, 0.25) is 0 Å². The molecule has 2 aromatic rings. The van der Waals surface area contributed by atoms with Gasteiger partial charge < -0.3 is 15.0 Å². The number of methoxy groups -OCH3 is 1. The van der Waals surface area contributed by atoms with E-state index in [-0.39, 0.29) is 5.91 Å². The smallest absolute Gasteiger partial charge is 0.251 e. The molecule has 1 saturated heterocycles. The minimum Gasteiger partial charge on any atom is -0.383 e. The third-order valence-electron chi connectivity index (χ3n) is 4.12. The number of aromatic nitrogens is 2. The van der Waals surface area contributed by atoms with Crippen LogP contribution in [0.1, 0.15) is 29.6 Å². The molecule has 1 aliphatic rings. The van der Waals surface area contributed by atoms with E-state index < -0.39 is 0 Å². The highest BCUT2D eigenvalue weighted by Gasteiger charge is 2.16. The molecule has 6 nitrogen and oxygen atoms in total. The van der Waals surface area contributed by atoms with E-state index in [1.807, 2.05) is 12.1 Å². The second kappa shape index (κ2) is 7.37. The van der Waals surface area contributed by atoms with Crippen molar-refractivity contribution in [1.29, 1.82) is 0 Å². The largest absolute Gasteiger partial charge is 0.383 e. The molecule has 0 saturated carbocycles. The van der Waals surface area contributed by atoms with Crippen molar-refractivity contribution < 1.29 is 9.53 Å². The molecule has 1 amide bonds. The molecule has 0 aliphatic carbocycles. The zero-order valence-electron chi connectivity index (χ0n) is 13.4. The highest BCUT2D eigenvalue weighted by atomic mass is 16.5. The zero-order valence-corrected chi connectivity index (χ0v) is 13.4. The van der Waals surface area contributed by atoms with Crippen LogP contribution in [-0.4, -0.2) is 49.2 Å². The topological polar surface area (TPSA) is 67.3 Å². The summed E-state index contributed by atoms with van der Waals surface area (Å²) in [5.74, 6) is 0.832. The Hall–Kier alpha value is -2.21. The molecule has 0 atom stereocenters. The maximum absolute atomic E-state index is 12.2. The number of ether oxygens (including phenoxy) is 1. The monoisotopic (exact) mass is 314 g/mol. The van der Waals surface area contributed by atoms with E-state index >= 15 is 0 Å². The quantitative estimate of drug-likeness (QED) is 0.855. The summed E-state index contributed by atoms with van der Waals surface area (Å²) in [5, 5.41) is 3.78. The number of hydrogen-bond acceptors (Lipinski definition) is 5. The van der Waals surface area contributed by atoms with Gasteiger partial charge in [-0.05, 0) is 37.5 Å². The molecule has 1 aromatic carbocycles. The number of hydrogen-bond donors (Lipinski definition) is 1. The van der Waals surface area contributed by atoms with Crippen LogP contribution in [0.15, 0.2) is 24.5 Å². The van der Waals surface area contributed by atoms with Crippen molar-refractivity contribution in [3.05, 3.63) is 30.1 Å². The average Bonchev–Trinajstić information content (AvgIpc) is 2.61. The fourth-order valence-corrected chi connectivity index (χ4v) is 2.91. The van der Waals surface area contributed by atoms with Gasteiger partial charge in [-0.1, -0.05) is 0 Å². The number of piperidine rings is 1. The molecule has 0 spiro atoms. The first-order valence-corrected chi connectivity index (χ1v) is 8.06. The Morgan fingerprint density at radius 1 is 1.26 bits per heavy atom. The minimum absolute atomic E-state index is 0.0996. The van der Waals surface area contributed by atoms with Crippen LogP contribution >= 0.6 is 0 Å². The molecular formula is C17H22N4O2. The van der Waals surface area contributed by atoms with E-state index in [1.165, 1.54) is 19.3 Å². The lowest BCUT2D eigenvalue weighted by atomic mass is 10.1. The van der Waals surface area contributed by atoms with Crippen molar-refractivity contribution in [2.24, 2.45) is 0 Å². The van der Waals surface area contributed by atoms with E-state index in [2.05, 4.69) is 20.2 Å². The summed E-state index contributed by atoms with van der Waals surface area (Å²) in [6.07, 6.45) is 5.24. The zero-order chi connectivity index (χ0) is 16.1. The van der Waals surface area contributed by atoms with E-state index in [1.54, 1.807) is 19.5 Å². The van der Waals surface area contributed by atoms with Gasteiger partial charge in [-0.3, -0.25) is 4.79 Å². The first kappa shape index (κ1) is 15.7. The summed E-state index contributed by atoms with van der Waals surface area (Å²) < 4.78 is 4.96. The molecule has 1 N–H and O–H groups in total. The maximum Gasteiger partial charge on any atom is 0.251 e. The van der Waals surface area contributed by atoms with Gasteiger partial charge in [-0.2, -0.15) is 0 Å². The Balaban J connectivity index is 1.89. The molecule has 3 rings (SSSR count). The highest BCUT2D eigenvalue weighted by molar-refractivity contribution is 6.00. The summed E-state index contributed by atoms with van der Waals surface area (Å²) >= 11 is 0. The van der Waals surface area contributed by atoms with Gasteiger partial charge >= 0.3 is 0 Å². The molecule has 0 unspecified atom stereocenters. The normalized spacial score (nSPS) is 14.9. The minimum atomic E-state index is -0.0996. The van der Waals surface area contributed by atoms with Gasteiger partial charge in [-0.25, -0.2) is 9.97 Å². The third-order valence-corrected chi connectivity index (χ3v) is 4.12. The lowest BCUT2D eigenvalue weighted by Crippen LogP contribution is -2.30. The Morgan fingerprint density at radius 2 is 2.09 bits per heavy atom. The molecule has 1 aliphatic heterocycles. The Labute approximate surface area is 135 Å². The SMILES string of the molecule is COCCNC(=O)c1ccc2ncnc(N3CCCCC3)c2c1. The van der Waals surface area contributed by atoms with E-state index in [9.17, 15) is 4.79 Å². The van der Waals surface area contributed by atoms with Crippen molar-refractivity contribution in [1.82, 2.24) is 15.3 Å². The number of anilines is 1. The summed E-state index contributed by atoms with van der Waals surface area (Å²) in [6, 6.07) is 5.58. The number of rotatable bonds is 5. The standard InChI is InChI=1S/C17H22N4O2/c1-23-10-7-18-17(22)13-5-6-15-14(11-13)16(20-12-19-15)21-8-3-2-4-9-21/h5-6,11-12H,2-4,7-10H2,1H3,(H,18,22). The predicted octanol–water partition coefficient (Wildman–Crippen LogP) is 2.00. The van der Waals surface area contributed by atoms with E-state index in [0.29, 0.717) is 18.7 Å². The van der Waals surface area contributed by atoms with Crippen LogP contribution in [0.5, 0.6) is 0 Å². The summed E-state index contributed by atoms with van der Waals surface area (Å²) in [7, 11) is 1.62. The maximum atomic E-state index is 12.2. The molecule has 1 aromatic heterocycles. The van der Waals surface area contributed by atoms with Gasteiger partial charge in [0, 0.05) is 37.7 Å². The first-order chi connectivity index (χ1) is 11.3. The molecule has 0 radical (unpaired) electrons. The third kappa shape index (κ3) is 3.59. The number of carbonyl (C=O) groups excluding carboxylic acids is 1. The van der Waals surface area contributed by atoms with Crippen LogP contribution < -0.4 is 10.2 Å². The van der Waals surface area contributed by atoms with Crippen molar-refractivity contribution in [2.75, 3.05) is 38.3 Å². The van der Waals surface area contributed by atoms with Crippen LogP contribution in [-0.2, 0) is 4.74 Å². The van der Waals surface area contributed by atoms with Gasteiger partial charge in [0.1, 0.15) is 12.1 Å². The Kier molecular flexibility index (Phi) is 5.02. The Morgan fingerprint density at radius 3 is 2.87 bits per heavy atom. The van der Waals surface area contributed by atoms with Crippen LogP contribution in [0.2, 0.25) is 0 Å². The molecule has 23 heavy (non-hydrogen) atoms. The number of benzene rings is 1. The first-order valence-electron chi connectivity index (χ1n) is 8.06. The number of fused-ring (bicyclic) bond motifs is 1. The summed E-state index contributed by atoms with van der Waals surface area (Å²) in [5.41, 5.74) is 1.50. The van der Waals surface area contributed by atoms with E-state index in [0.717, 1.165) is 29.8 Å². The summed E-state index contributed by atoms with van der Waals surface area (Å²) in [6.45, 7) is 3.02. The lowest BCUT2D eigenvalue weighted by Gasteiger charge is -2.28. The fourth-order valence-electron chi connectivity index (χ4n) is 2.91. The van der Waals surface area contributed by atoms with Gasteiger partial charge in [-0.15, -0.1) is 0 Å². The lowest BCUT2D eigenvalue weighted by molar-refractivity contribution is 0.0937. The molecule has 6 heteroatoms.